The van der Waals surface area contributed by atoms with Crippen LogP contribution in [-0.4, -0.2) is 38.3 Å². The van der Waals surface area contributed by atoms with Crippen molar-refractivity contribution in [2.24, 2.45) is 0 Å². The minimum absolute atomic E-state index is 0.0813. The molecule has 146 valence electrons. The fourth-order valence-electron chi connectivity index (χ4n) is 2.60. The number of nitrogens with zero attached hydrogens (tertiary/aromatic N) is 3. The first-order valence-corrected chi connectivity index (χ1v) is 9.61. The zero-order chi connectivity index (χ0) is 20.1. The number of aryl methyl sites for hydroxylation is 1. The molecule has 0 aliphatic heterocycles. The van der Waals surface area contributed by atoms with Crippen LogP contribution in [0.15, 0.2) is 46.0 Å². The Bertz CT molecular complexity index is 982. The largest absolute Gasteiger partial charge is 0.462 e. The van der Waals surface area contributed by atoms with E-state index in [1.807, 2.05) is 19.1 Å². The van der Waals surface area contributed by atoms with Crippen LogP contribution in [0.2, 0.25) is 0 Å². The van der Waals surface area contributed by atoms with Crippen molar-refractivity contribution in [3.05, 3.63) is 65.1 Å². The van der Waals surface area contributed by atoms with Crippen LogP contribution in [0.25, 0.3) is 12.2 Å². The molecule has 8 heteroatoms. The molecule has 0 aliphatic rings. The Hall–Kier alpha value is -2.87. The number of H-pyrrole nitrogens is 1. The summed E-state index contributed by atoms with van der Waals surface area (Å²) in [7, 11) is 1.70. The topological polar surface area (TPSA) is 75.0 Å². The predicted molar refractivity (Wildman–Crippen MR) is 107 cm³/mol. The highest BCUT2D eigenvalue weighted by Crippen LogP contribution is 2.22. The fourth-order valence-corrected chi connectivity index (χ4v) is 3.44. The first-order chi connectivity index (χ1) is 13.4. The molecule has 0 radical (unpaired) electrons. The van der Waals surface area contributed by atoms with Crippen molar-refractivity contribution in [1.82, 2.24) is 20.1 Å². The molecule has 1 amide bonds. The Kier molecular flexibility index (Phi) is 6.30. The third-order valence-electron chi connectivity index (χ3n) is 3.96. The highest BCUT2D eigenvalue weighted by atomic mass is 32.2. The van der Waals surface area contributed by atoms with Gasteiger partial charge in [0.05, 0.1) is 5.25 Å². The van der Waals surface area contributed by atoms with Gasteiger partial charge in [0.25, 0.3) is 0 Å². The molecule has 1 aromatic carbocycles. The summed E-state index contributed by atoms with van der Waals surface area (Å²) in [6, 6.07) is 9.98. The van der Waals surface area contributed by atoms with E-state index in [-0.39, 0.29) is 17.0 Å². The summed E-state index contributed by atoms with van der Waals surface area (Å²) in [5.41, 5.74) is 0.742. The number of hydrogen-bond acceptors (Lipinski definition) is 5. The first kappa shape index (κ1) is 19.9. The molecular weight excluding hydrogens is 379 g/mol. The van der Waals surface area contributed by atoms with Gasteiger partial charge in [-0.15, -0.1) is 5.10 Å². The van der Waals surface area contributed by atoms with Crippen LogP contribution in [0.3, 0.4) is 0 Å². The van der Waals surface area contributed by atoms with Crippen LogP contribution in [0.5, 0.6) is 0 Å². The van der Waals surface area contributed by atoms with Gasteiger partial charge >= 0.3 is 0 Å². The zero-order valence-corrected chi connectivity index (χ0v) is 16.7. The lowest BCUT2D eigenvalue weighted by Crippen LogP contribution is -2.32. The molecule has 0 aliphatic carbocycles. The van der Waals surface area contributed by atoms with E-state index in [4.69, 9.17) is 4.42 Å². The van der Waals surface area contributed by atoms with Gasteiger partial charge in [-0.2, -0.15) is 0 Å². The summed E-state index contributed by atoms with van der Waals surface area (Å²) >= 11 is 1.26. The number of nitrogens with one attached hydrogen (secondary N) is 1. The number of rotatable bonds is 7. The number of benzene rings is 1. The maximum atomic E-state index is 13.3. The maximum Gasteiger partial charge on any atom is 0.235 e. The normalized spacial score (nSPS) is 12.4. The lowest BCUT2D eigenvalue weighted by Gasteiger charge is -2.20. The third-order valence-corrected chi connectivity index (χ3v) is 4.91. The van der Waals surface area contributed by atoms with Gasteiger partial charge in [-0.25, -0.2) is 9.37 Å². The number of amides is 1. The monoisotopic (exact) mass is 400 g/mol. The molecule has 1 N–H and O–H groups in total. The van der Waals surface area contributed by atoms with E-state index < -0.39 is 0 Å². The highest BCUT2D eigenvalue weighted by Gasteiger charge is 2.20. The van der Waals surface area contributed by atoms with Crippen LogP contribution in [0, 0.1) is 12.7 Å². The highest BCUT2D eigenvalue weighted by molar-refractivity contribution is 8.00. The number of carbonyl (C=O) groups excluding carboxylic acids is 1. The zero-order valence-electron chi connectivity index (χ0n) is 15.8. The lowest BCUT2D eigenvalue weighted by molar-refractivity contribution is -0.129. The molecule has 6 nitrogen and oxygen atoms in total. The van der Waals surface area contributed by atoms with E-state index >= 15 is 0 Å². The third kappa shape index (κ3) is 5.32. The quantitative estimate of drug-likeness (QED) is 0.603. The van der Waals surface area contributed by atoms with E-state index in [1.165, 1.54) is 23.9 Å². The molecule has 2 heterocycles. The Morgan fingerprint density at radius 1 is 1.36 bits per heavy atom. The van der Waals surface area contributed by atoms with Crippen molar-refractivity contribution in [2.45, 2.75) is 30.8 Å². The Labute approximate surface area is 166 Å². The van der Waals surface area contributed by atoms with Crippen LogP contribution < -0.4 is 0 Å². The average molecular weight is 400 g/mol. The second-order valence-electron chi connectivity index (χ2n) is 6.37. The van der Waals surface area contributed by atoms with Gasteiger partial charge in [-0.3, -0.25) is 9.89 Å². The molecular formula is C20H21FN4O2S. The molecule has 0 spiro atoms. The predicted octanol–water partition coefficient (Wildman–Crippen LogP) is 4.15. The van der Waals surface area contributed by atoms with E-state index in [1.54, 1.807) is 43.2 Å². The van der Waals surface area contributed by atoms with Gasteiger partial charge in [-0.1, -0.05) is 23.9 Å². The Morgan fingerprint density at radius 3 is 2.89 bits per heavy atom. The molecule has 0 saturated carbocycles. The van der Waals surface area contributed by atoms with E-state index in [2.05, 4.69) is 15.2 Å². The van der Waals surface area contributed by atoms with Crippen molar-refractivity contribution < 1.29 is 13.6 Å². The Balaban J connectivity index is 1.56. The number of carbonyl (C=O) groups is 1. The minimum Gasteiger partial charge on any atom is -0.462 e. The van der Waals surface area contributed by atoms with Crippen molar-refractivity contribution >= 4 is 29.8 Å². The number of furan rings is 1. The molecule has 3 rings (SSSR count). The van der Waals surface area contributed by atoms with Crippen LogP contribution in [0.4, 0.5) is 4.39 Å². The molecule has 0 unspecified atom stereocenters. The number of aromatic amines is 1. The van der Waals surface area contributed by atoms with Crippen LogP contribution in [0.1, 0.15) is 29.8 Å². The van der Waals surface area contributed by atoms with Gasteiger partial charge in [-0.05, 0) is 55.8 Å². The van der Waals surface area contributed by atoms with Gasteiger partial charge in [0.15, 0.2) is 0 Å². The van der Waals surface area contributed by atoms with Crippen LogP contribution in [-0.2, 0) is 11.3 Å². The van der Waals surface area contributed by atoms with Gasteiger partial charge in [0, 0.05) is 13.6 Å². The van der Waals surface area contributed by atoms with E-state index in [0.29, 0.717) is 17.5 Å². The van der Waals surface area contributed by atoms with Crippen molar-refractivity contribution in [3.63, 3.8) is 0 Å². The van der Waals surface area contributed by atoms with Crippen molar-refractivity contribution in [1.29, 1.82) is 0 Å². The molecule has 2 aromatic heterocycles. The minimum atomic E-state index is -0.376. The molecule has 3 aromatic rings. The van der Waals surface area contributed by atoms with Gasteiger partial charge in [0.1, 0.15) is 23.2 Å². The first-order valence-electron chi connectivity index (χ1n) is 8.73. The van der Waals surface area contributed by atoms with Gasteiger partial charge in [0.2, 0.25) is 11.1 Å². The van der Waals surface area contributed by atoms with Crippen molar-refractivity contribution in [3.8, 4) is 0 Å². The second-order valence-corrected chi connectivity index (χ2v) is 7.68. The van der Waals surface area contributed by atoms with Crippen LogP contribution >= 0.6 is 11.8 Å². The summed E-state index contributed by atoms with van der Waals surface area (Å²) in [5.74, 6) is 1.74. The summed E-state index contributed by atoms with van der Waals surface area (Å²) in [4.78, 5) is 18.5. The van der Waals surface area contributed by atoms with E-state index in [0.717, 1.165) is 17.1 Å². The molecule has 0 saturated heterocycles. The lowest BCUT2D eigenvalue weighted by atomic mass is 10.2. The van der Waals surface area contributed by atoms with Crippen molar-refractivity contribution in [2.75, 3.05) is 7.05 Å². The number of halogens is 1. The number of hydrogen-bond donors (Lipinski definition) is 1. The molecule has 1 atom stereocenters. The maximum absolute atomic E-state index is 13.3. The summed E-state index contributed by atoms with van der Waals surface area (Å²) in [6.07, 6.45) is 3.56. The SMILES string of the molecule is Cc1ccc(/C=C/c2nc(S[C@H](C)C(=O)N(C)Cc3cccc(F)c3)n[nH]2)o1. The average Bonchev–Trinajstić information content (AvgIpc) is 3.28. The molecule has 0 fully saturated rings. The smallest absolute Gasteiger partial charge is 0.235 e. The Morgan fingerprint density at radius 2 is 2.18 bits per heavy atom. The number of thioether (sulfide) groups is 1. The van der Waals surface area contributed by atoms with E-state index in [9.17, 15) is 9.18 Å². The summed E-state index contributed by atoms with van der Waals surface area (Å²) in [5, 5.41) is 7.07. The summed E-state index contributed by atoms with van der Waals surface area (Å²) < 4.78 is 18.8. The standard InChI is InChI=1S/C20H21FN4O2S/c1-13-7-8-17(27-13)9-10-18-22-20(24-23-18)28-14(2)19(26)25(3)12-15-5-4-6-16(21)11-15/h4-11,14H,12H2,1-3H3,(H,22,23,24)/b10-9+/t14-/m1/s1. The van der Waals surface area contributed by atoms with Gasteiger partial charge < -0.3 is 9.32 Å². The fraction of sp³-hybridized carbons (Fsp3) is 0.250. The second kappa shape index (κ2) is 8.88. The molecule has 28 heavy (non-hydrogen) atoms. The summed E-state index contributed by atoms with van der Waals surface area (Å²) in [6.45, 7) is 4.02. The molecule has 0 bridgehead atoms. The number of aromatic nitrogens is 3.